The van der Waals surface area contributed by atoms with Gasteiger partial charge in [0.1, 0.15) is 13.2 Å². The topological polar surface area (TPSA) is 180 Å². The number of hydrogen-bond acceptors (Lipinski definition) is 11. The number of para-hydroxylation sites is 2. The number of nitrogens with one attached hydrogen (secondary N) is 1. The summed E-state index contributed by atoms with van der Waals surface area (Å²) in [6, 6.07) is 6.23. The molecule has 4 rings (SSSR count). The summed E-state index contributed by atoms with van der Waals surface area (Å²) >= 11 is 0. The van der Waals surface area contributed by atoms with Crippen LogP contribution in [0.5, 0.6) is 11.5 Å². The van der Waals surface area contributed by atoms with Crippen molar-refractivity contribution in [1.82, 2.24) is 9.62 Å². The highest BCUT2D eigenvalue weighted by Crippen LogP contribution is 2.32. The van der Waals surface area contributed by atoms with Gasteiger partial charge in [0.05, 0.1) is 19.8 Å². The maximum Gasteiger partial charge on any atom is 0.288 e. The lowest BCUT2D eigenvalue weighted by Gasteiger charge is -2.24. The molecule has 0 aliphatic carbocycles. The monoisotopic (exact) mass is 673 g/mol. The number of amides is 2. The minimum absolute atomic E-state index is 0.0563. The molecule has 1 aromatic carbocycles. The van der Waals surface area contributed by atoms with Crippen LogP contribution in [0.15, 0.2) is 69.9 Å². The predicted octanol–water partition coefficient (Wildman–Crippen LogP) is 3.33. The van der Waals surface area contributed by atoms with E-state index in [1.54, 1.807) is 37.4 Å². The number of aliphatic imine (C=N–C) groups is 2. The van der Waals surface area contributed by atoms with E-state index in [9.17, 15) is 18.0 Å². The summed E-state index contributed by atoms with van der Waals surface area (Å²) in [5.41, 5.74) is 7.15. The molecular weight excluding hydrogens is 630 g/mol. The Bertz CT molecular complexity index is 1560. The van der Waals surface area contributed by atoms with Gasteiger partial charge in [0.2, 0.25) is 17.6 Å². The Labute approximate surface area is 275 Å². The largest absolute Gasteiger partial charge is 0.493 e. The summed E-state index contributed by atoms with van der Waals surface area (Å²) in [7, 11) is -2.88. The number of imide groups is 1. The Kier molecular flexibility index (Phi) is 12.0. The summed E-state index contributed by atoms with van der Waals surface area (Å²) in [4.78, 5) is 33.6. The van der Waals surface area contributed by atoms with Gasteiger partial charge in [-0.2, -0.15) is 13.4 Å². The zero-order chi connectivity index (χ0) is 34.1. The average molecular weight is 674 g/mol. The van der Waals surface area contributed by atoms with Gasteiger partial charge in [-0.15, -0.1) is 0 Å². The minimum atomic E-state index is -4.34. The fourth-order valence-corrected chi connectivity index (χ4v) is 6.43. The van der Waals surface area contributed by atoms with Gasteiger partial charge >= 0.3 is 0 Å². The van der Waals surface area contributed by atoms with Gasteiger partial charge in [0, 0.05) is 31.6 Å². The highest BCUT2D eigenvalue weighted by molar-refractivity contribution is 8.04. The number of amidine groups is 1. The van der Waals surface area contributed by atoms with Crippen molar-refractivity contribution in [2.24, 2.45) is 27.6 Å². The molecule has 0 saturated carbocycles. The predicted molar refractivity (Wildman–Crippen MR) is 174 cm³/mol. The Hall–Kier alpha value is -4.37. The van der Waals surface area contributed by atoms with E-state index in [0.717, 1.165) is 23.3 Å². The van der Waals surface area contributed by atoms with Gasteiger partial charge in [0.25, 0.3) is 16.0 Å². The molecule has 1 aromatic rings. The molecule has 2 saturated heterocycles. The van der Waals surface area contributed by atoms with Gasteiger partial charge in [-0.1, -0.05) is 39.5 Å². The number of sulfonamides is 1. The van der Waals surface area contributed by atoms with Gasteiger partial charge in [-0.05, 0) is 42.9 Å². The number of rotatable bonds is 14. The lowest BCUT2D eigenvalue weighted by Crippen LogP contribution is -2.37. The molecule has 2 unspecified atom stereocenters. The number of carbonyl (C=O) groups excluding carboxylic acids is 2. The molecule has 256 valence electrons. The number of likely N-dealkylation sites (tertiary alicyclic amines) is 1. The first-order chi connectivity index (χ1) is 22.4. The maximum atomic E-state index is 13.9. The van der Waals surface area contributed by atoms with Crippen LogP contribution in [0, 0.1) is 11.8 Å². The molecule has 15 heteroatoms. The molecular formula is C32H43N5O9S. The van der Waals surface area contributed by atoms with E-state index >= 15 is 0 Å². The van der Waals surface area contributed by atoms with Crippen LogP contribution in [-0.4, -0.2) is 75.8 Å². The third-order valence-corrected chi connectivity index (χ3v) is 9.25. The Morgan fingerprint density at radius 1 is 1.19 bits per heavy atom. The van der Waals surface area contributed by atoms with Crippen LogP contribution in [0.25, 0.3) is 0 Å². The molecule has 3 heterocycles. The van der Waals surface area contributed by atoms with Crippen molar-refractivity contribution in [3.05, 3.63) is 60.0 Å². The zero-order valence-electron chi connectivity index (χ0n) is 27.2. The first-order valence-electron chi connectivity index (χ1n) is 15.5. The maximum absolute atomic E-state index is 13.9. The van der Waals surface area contributed by atoms with Crippen LogP contribution in [-0.2, 0) is 33.8 Å². The molecule has 2 amide bonds. The van der Waals surface area contributed by atoms with E-state index in [2.05, 4.69) is 21.3 Å². The van der Waals surface area contributed by atoms with E-state index in [1.807, 2.05) is 13.8 Å². The second kappa shape index (κ2) is 16.0. The van der Waals surface area contributed by atoms with Crippen molar-refractivity contribution in [2.45, 2.75) is 59.0 Å². The quantitative estimate of drug-likeness (QED) is 0.0978. The summed E-state index contributed by atoms with van der Waals surface area (Å²) in [5, 5.41) is -0.109. The number of ether oxygens (including phenoxy) is 5. The number of allylic oxidation sites excluding steroid dienone is 1. The van der Waals surface area contributed by atoms with Crippen molar-refractivity contribution in [3.8, 4) is 11.5 Å². The molecule has 14 nitrogen and oxygen atoms in total. The Morgan fingerprint density at radius 2 is 1.89 bits per heavy atom. The van der Waals surface area contributed by atoms with E-state index in [1.165, 1.54) is 7.11 Å². The summed E-state index contributed by atoms with van der Waals surface area (Å²) in [5.74, 6) is -1.04. The summed E-state index contributed by atoms with van der Waals surface area (Å²) < 4.78 is 59.0. The molecule has 0 bridgehead atoms. The smallest absolute Gasteiger partial charge is 0.288 e. The second-order valence-electron chi connectivity index (χ2n) is 11.6. The van der Waals surface area contributed by atoms with Crippen molar-refractivity contribution < 1.29 is 41.7 Å². The SMILES string of the molecule is C=C(OCC1CCCO1)/C(Oc1ccccc1OC)=C(\N=C(/N)OCCN1C(=O)CCC1=O)NS(=O)(=O)C1=NC=C(C(C)C)CC1C. The van der Waals surface area contributed by atoms with Gasteiger partial charge in [-0.3, -0.25) is 19.2 Å². The number of benzene rings is 1. The lowest BCUT2D eigenvalue weighted by molar-refractivity contribution is -0.138. The Morgan fingerprint density at radius 3 is 2.51 bits per heavy atom. The van der Waals surface area contributed by atoms with Crippen LogP contribution in [0.2, 0.25) is 0 Å². The molecule has 2 atom stereocenters. The highest BCUT2D eigenvalue weighted by atomic mass is 32.2. The summed E-state index contributed by atoms with van der Waals surface area (Å²) in [6.45, 7) is 10.3. The average Bonchev–Trinajstić information content (AvgIpc) is 3.67. The Balaban J connectivity index is 1.73. The number of carbonyl (C=O) groups is 2. The number of hydrogen-bond donors (Lipinski definition) is 2. The third kappa shape index (κ3) is 9.35. The standard InChI is InChI=1S/C32H43N5O9S/c1-20(2)23-17-21(3)31(34-18-23)47(40,41)36-30(35-32(33)44-16-14-37-27(38)12-13-28(37)39)29(22(4)45-19-24-9-8-15-43-24)46-26-11-7-6-10-25(26)42-5/h6-7,10-11,18,20-21,24,36H,4,8-9,12-17,19H2,1-3,5H3,(H2,33,35)/b30-29-. The van der Waals surface area contributed by atoms with Crippen LogP contribution < -0.4 is 19.9 Å². The fourth-order valence-electron chi connectivity index (χ4n) is 5.13. The first-order valence-corrected chi connectivity index (χ1v) is 17.0. The zero-order valence-corrected chi connectivity index (χ0v) is 28.0. The molecule has 3 aliphatic rings. The van der Waals surface area contributed by atoms with Crippen molar-refractivity contribution >= 4 is 32.9 Å². The van der Waals surface area contributed by atoms with E-state index in [-0.39, 0.29) is 78.7 Å². The van der Waals surface area contributed by atoms with Crippen LogP contribution in [0.3, 0.4) is 0 Å². The van der Waals surface area contributed by atoms with Crippen LogP contribution in [0.1, 0.15) is 52.9 Å². The van der Waals surface area contributed by atoms with E-state index in [0.29, 0.717) is 18.8 Å². The van der Waals surface area contributed by atoms with Crippen LogP contribution >= 0.6 is 0 Å². The number of methoxy groups -OCH3 is 1. The molecule has 3 aliphatic heterocycles. The van der Waals surface area contributed by atoms with Crippen molar-refractivity contribution in [2.75, 3.05) is 33.5 Å². The first kappa shape index (κ1) is 35.5. The molecule has 47 heavy (non-hydrogen) atoms. The van der Waals surface area contributed by atoms with Gasteiger partial charge in [0.15, 0.2) is 28.1 Å². The molecule has 0 spiro atoms. The molecule has 2 fully saturated rings. The third-order valence-electron chi connectivity index (χ3n) is 7.73. The van der Waals surface area contributed by atoms with Crippen LogP contribution in [0.4, 0.5) is 0 Å². The highest BCUT2D eigenvalue weighted by Gasteiger charge is 2.32. The normalized spacial score (nSPS) is 20.9. The molecule has 0 radical (unpaired) electrons. The van der Waals surface area contributed by atoms with Gasteiger partial charge in [-0.25, -0.2) is 4.99 Å². The molecule has 3 N–H and O–H groups in total. The number of nitrogens with two attached hydrogens (primary N) is 1. The van der Waals surface area contributed by atoms with E-state index < -0.39 is 27.8 Å². The lowest BCUT2D eigenvalue weighted by atomic mass is 9.93. The fraction of sp³-hybridized carbons (Fsp3) is 0.500. The second-order valence-corrected chi connectivity index (χ2v) is 13.2. The van der Waals surface area contributed by atoms with Gasteiger partial charge < -0.3 is 29.4 Å². The number of nitrogens with zero attached hydrogens (tertiary/aromatic N) is 3. The minimum Gasteiger partial charge on any atom is -0.493 e. The molecule has 0 aromatic heterocycles. The van der Waals surface area contributed by atoms with Crippen molar-refractivity contribution in [3.63, 3.8) is 0 Å². The summed E-state index contributed by atoms with van der Waals surface area (Å²) in [6.07, 6.45) is 3.80. The van der Waals surface area contributed by atoms with E-state index in [4.69, 9.17) is 29.4 Å². The van der Waals surface area contributed by atoms with Crippen molar-refractivity contribution in [1.29, 1.82) is 0 Å².